The van der Waals surface area contributed by atoms with Crippen LogP contribution in [0.4, 0.5) is 10.5 Å². The first-order chi connectivity index (χ1) is 11.4. The molecule has 126 valence electrons. The molecular formula is C18H20N2O3S. The average Bonchev–Trinajstić information content (AvgIpc) is 2.55. The molecule has 0 unspecified atom stereocenters. The monoisotopic (exact) mass is 344 g/mol. The molecule has 1 heterocycles. The van der Waals surface area contributed by atoms with Crippen molar-refractivity contribution >= 4 is 21.6 Å². The Hall–Kier alpha value is -2.34. The first kappa shape index (κ1) is 16.5. The summed E-state index contributed by atoms with van der Waals surface area (Å²) in [6.07, 6.45) is 2.06. The molecule has 0 atom stereocenters. The molecule has 1 aliphatic rings. The highest BCUT2D eigenvalue weighted by atomic mass is 32.2. The van der Waals surface area contributed by atoms with Crippen LogP contribution in [0.1, 0.15) is 16.7 Å². The first-order valence-electron chi connectivity index (χ1n) is 7.80. The molecule has 5 nitrogen and oxygen atoms in total. The van der Waals surface area contributed by atoms with Crippen molar-refractivity contribution in [2.75, 3.05) is 18.1 Å². The molecule has 0 bridgehead atoms. The quantitative estimate of drug-likeness (QED) is 0.931. The summed E-state index contributed by atoms with van der Waals surface area (Å²) in [5.41, 5.74) is 3.85. The zero-order valence-corrected chi connectivity index (χ0v) is 14.3. The van der Waals surface area contributed by atoms with Gasteiger partial charge >= 0.3 is 6.03 Å². The van der Waals surface area contributed by atoms with Crippen LogP contribution in [0, 0.1) is 0 Å². The number of fused-ring (bicyclic) bond motifs is 1. The van der Waals surface area contributed by atoms with Crippen molar-refractivity contribution in [3.8, 4) is 0 Å². The maximum absolute atomic E-state index is 12.4. The van der Waals surface area contributed by atoms with E-state index in [0.29, 0.717) is 24.3 Å². The summed E-state index contributed by atoms with van der Waals surface area (Å²) in [5.74, 6) is 0.00410. The summed E-state index contributed by atoms with van der Waals surface area (Å²) in [6.45, 7) is 1.29. The van der Waals surface area contributed by atoms with E-state index in [2.05, 4.69) is 17.4 Å². The van der Waals surface area contributed by atoms with Gasteiger partial charge in [-0.25, -0.2) is 13.2 Å². The Morgan fingerprint density at radius 2 is 1.75 bits per heavy atom. The van der Waals surface area contributed by atoms with Gasteiger partial charge < -0.3 is 10.2 Å². The lowest BCUT2D eigenvalue weighted by atomic mass is 10.0. The third-order valence-corrected chi connectivity index (χ3v) is 4.91. The lowest BCUT2D eigenvalue weighted by Gasteiger charge is -2.29. The molecule has 1 N–H and O–H groups in total. The van der Waals surface area contributed by atoms with Gasteiger partial charge in [0.05, 0.1) is 5.75 Å². The number of nitrogens with one attached hydrogen (secondary N) is 1. The van der Waals surface area contributed by atoms with Crippen LogP contribution in [-0.2, 0) is 28.6 Å². The fourth-order valence-corrected chi connectivity index (χ4v) is 3.66. The number of carbonyl (C=O) groups is 1. The second-order valence-electron chi connectivity index (χ2n) is 6.14. The number of rotatable bonds is 3. The zero-order valence-electron chi connectivity index (χ0n) is 13.5. The molecule has 0 saturated carbocycles. The minimum atomic E-state index is -3.05. The smallest absolute Gasteiger partial charge is 0.320 e. The van der Waals surface area contributed by atoms with Gasteiger partial charge in [0.1, 0.15) is 0 Å². The molecule has 3 rings (SSSR count). The van der Waals surface area contributed by atoms with E-state index in [4.69, 9.17) is 0 Å². The van der Waals surface area contributed by atoms with Gasteiger partial charge in [-0.1, -0.05) is 36.4 Å². The van der Waals surface area contributed by atoms with Crippen LogP contribution < -0.4 is 5.32 Å². The molecule has 2 amide bonds. The van der Waals surface area contributed by atoms with Crippen LogP contribution in [0.15, 0.2) is 48.5 Å². The maximum atomic E-state index is 12.4. The van der Waals surface area contributed by atoms with Crippen molar-refractivity contribution in [3.05, 3.63) is 65.2 Å². The van der Waals surface area contributed by atoms with E-state index >= 15 is 0 Å². The van der Waals surface area contributed by atoms with Crippen molar-refractivity contribution in [1.29, 1.82) is 0 Å². The Kier molecular flexibility index (Phi) is 4.57. The molecule has 6 heteroatoms. The minimum Gasteiger partial charge on any atom is -0.320 e. The van der Waals surface area contributed by atoms with E-state index in [1.165, 1.54) is 17.4 Å². The summed E-state index contributed by atoms with van der Waals surface area (Å²) < 4.78 is 22.6. The van der Waals surface area contributed by atoms with Gasteiger partial charge in [0.2, 0.25) is 0 Å². The van der Waals surface area contributed by atoms with E-state index in [1.807, 2.05) is 12.1 Å². The van der Waals surface area contributed by atoms with Gasteiger partial charge in [-0.2, -0.15) is 0 Å². The highest BCUT2D eigenvalue weighted by Gasteiger charge is 2.20. The number of amides is 2. The summed E-state index contributed by atoms with van der Waals surface area (Å²) >= 11 is 0. The van der Waals surface area contributed by atoms with Gasteiger partial charge in [0, 0.05) is 25.0 Å². The van der Waals surface area contributed by atoms with Crippen LogP contribution in [0.2, 0.25) is 0 Å². The largest absolute Gasteiger partial charge is 0.322 e. The predicted octanol–water partition coefficient (Wildman–Crippen LogP) is 2.82. The number of hydrogen-bond acceptors (Lipinski definition) is 3. The number of hydrogen-bond donors (Lipinski definition) is 1. The normalized spacial score (nSPS) is 14.1. The maximum Gasteiger partial charge on any atom is 0.322 e. The first-order valence-corrected chi connectivity index (χ1v) is 9.86. The third kappa shape index (κ3) is 4.14. The van der Waals surface area contributed by atoms with Gasteiger partial charge in [-0.15, -0.1) is 0 Å². The second-order valence-corrected chi connectivity index (χ2v) is 8.28. The fraction of sp³-hybridized carbons (Fsp3) is 0.278. The topological polar surface area (TPSA) is 66.5 Å². The summed E-state index contributed by atoms with van der Waals surface area (Å²) in [6, 6.07) is 14.9. The van der Waals surface area contributed by atoms with Gasteiger partial charge in [-0.3, -0.25) is 0 Å². The SMILES string of the molecule is CS(=O)(=O)Cc1ccc(NC(=O)N2CCc3ccccc3C2)cc1. The highest BCUT2D eigenvalue weighted by molar-refractivity contribution is 7.89. The molecule has 1 aliphatic heterocycles. The minimum absolute atomic E-state index is 0.00410. The standard InChI is InChI=1S/C18H20N2O3S/c1-24(22,23)13-14-6-8-17(9-7-14)19-18(21)20-11-10-15-4-2-3-5-16(15)12-20/h2-9H,10-13H2,1H3,(H,19,21). The Morgan fingerprint density at radius 3 is 2.42 bits per heavy atom. The van der Waals surface area contributed by atoms with Gasteiger partial charge in [0.25, 0.3) is 0 Å². The van der Waals surface area contributed by atoms with Crippen molar-refractivity contribution in [3.63, 3.8) is 0 Å². The lowest BCUT2D eigenvalue weighted by molar-refractivity contribution is 0.206. The number of anilines is 1. The van der Waals surface area contributed by atoms with E-state index in [9.17, 15) is 13.2 Å². The molecular weight excluding hydrogens is 324 g/mol. The molecule has 0 aliphatic carbocycles. The van der Waals surface area contributed by atoms with E-state index in [1.54, 1.807) is 29.2 Å². The van der Waals surface area contributed by atoms with Crippen LogP contribution >= 0.6 is 0 Å². The van der Waals surface area contributed by atoms with Crippen LogP contribution in [0.25, 0.3) is 0 Å². The highest BCUT2D eigenvalue weighted by Crippen LogP contribution is 2.19. The molecule has 0 fully saturated rings. The number of carbonyl (C=O) groups excluding carboxylic acids is 1. The van der Waals surface area contributed by atoms with Crippen LogP contribution in [-0.4, -0.2) is 32.1 Å². The Morgan fingerprint density at radius 1 is 1.08 bits per heavy atom. The van der Waals surface area contributed by atoms with Gasteiger partial charge in [-0.05, 0) is 35.2 Å². The summed E-state index contributed by atoms with van der Waals surface area (Å²) in [7, 11) is -3.05. The Labute approximate surface area is 142 Å². The molecule has 0 aromatic heterocycles. The van der Waals surface area contributed by atoms with Crippen molar-refractivity contribution in [2.45, 2.75) is 18.7 Å². The van der Waals surface area contributed by atoms with Crippen LogP contribution in [0.5, 0.6) is 0 Å². The summed E-state index contributed by atoms with van der Waals surface area (Å²) in [5, 5.41) is 2.87. The van der Waals surface area contributed by atoms with Crippen LogP contribution in [0.3, 0.4) is 0 Å². The number of urea groups is 1. The van der Waals surface area contributed by atoms with E-state index in [0.717, 1.165) is 6.42 Å². The Balaban J connectivity index is 1.63. The van der Waals surface area contributed by atoms with E-state index in [-0.39, 0.29) is 11.8 Å². The van der Waals surface area contributed by atoms with Crippen molar-refractivity contribution in [2.24, 2.45) is 0 Å². The zero-order chi connectivity index (χ0) is 17.2. The molecule has 24 heavy (non-hydrogen) atoms. The molecule has 0 radical (unpaired) electrons. The van der Waals surface area contributed by atoms with Crippen molar-refractivity contribution in [1.82, 2.24) is 4.90 Å². The predicted molar refractivity (Wildman–Crippen MR) is 94.6 cm³/mol. The third-order valence-electron chi connectivity index (χ3n) is 4.05. The molecule has 2 aromatic carbocycles. The van der Waals surface area contributed by atoms with E-state index < -0.39 is 9.84 Å². The number of nitrogens with zero attached hydrogens (tertiary/aromatic N) is 1. The molecule has 0 saturated heterocycles. The lowest BCUT2D eigenvalue weighted by Crippen LogP contribution is -2.38. The van der Waals surface area contributed by atoms with Gasteiger partial charge in [0.15, 0.2) is 9.84 Å². The molecule has 0 spiro atoms. The second kappa shape index (κ2) is 6.65. The summed E-state index contributed by atoms with van der Waals surface area (Å²) in [4.78, 5) is 14.2. The number of sulfone groups is 1. The Bertz CT molecular complexity index is 845. The fourth-order valence-electron chi connectivity index (χ4n) is 2.86. The number of benzene rings is 2. The van der Waals surface area contributed by atoms with Crippen molar-refractivity contribution < 1.29 is 13.2 Å². The average molecular weight is 344 g/mol. The molecule has 2 aromatic rings.